The summed E-state index contributed by atoms with van der Waals surface area (Å²) in [7, 11) is 0. The number of aryl methyl sites for hydroxylation is 1. The Kier molecular flexibility index (Phi) is 6.07. The van der Waals surface area contributed by atoms with Crippen LogP contribution in [0, 0.1) is 13.8 Å². The maximum Gasteiger partial charge on any atom is 0.255 e. The van der Waals surface area contributed by atoms with Crippen molar-refractivity contribution >= 4 is 28.9 Å². The van der Waals surface area contributed by atoms with Gasteiger partial charge in [-0.15, -0.1) is 0 Å². The predicted molar refractivity (Wildman–Crippen MR) is 114 cm³/mol. The number of amides is 2. The minimum Gasteiger partial charge on any atom is -0.376 e. The molecule has 0 bridgehead atoms. The van der Waals surface area contributed by atoms with Crippen molar-refractivity contribution in [1.29, 1.82) is 0 Å². The summed E-state index contributed by atoms with van der Waals surface area (Å²) < 4.78 is 0. The van der Waals surface area contributed by atoms with E-state index in [1.165, 1.54) is 0 Å². The van der Waals surface area contributed by atoms with Crippen LogP contribution in [-0.2, 0) is 4.79 Å². The quantitative estimate of drug-likeness (QED) is 0.591. The fourth-order valence-electron chi connectivity index (χ4n) is 2.76. The van der Waals surface area contributed by atoms with E-state index in [4.69, 9.17) is 0 Å². The van der Waals surface area contributed by atoms with Gasteiger partial charge in [-0.1, -0.05) is 42.0 Å². The average Bonchev–Trinajstić information content (AvgIpc) is 2.71. The molecule has 0 aliphatic heterocycles. The summed E-state index contributed by atoms with van der Waals surface area (Å²) >= 11 is 0. The number of hydrogen-bond donors (Lipinski definition) is 3. The second kappa shape index (κ2) is 8.86. The highest BCUT2D eigenvalue weighted by atomic mass is 16.2. The van der Waals surface area contributed by atoms with E-state index in [-0.39, 0.29) is 18.4 Å². The van der Waals surface area contributed by atoms with Gasteiger partial charge in [0.15, 0.2) is 0 Å². The average molecular weight is 373 g/mol. The van der Waals surface area contributed by atoms with Crippen molar-refractivity contribution in [3.63, 3.8) is 0 Å². The molecule has 0 aliphatic rings. The van der Waals surface area contributed by atoms with Crippen LogP contribution in [0.2, 0.25) is 0 Å². The van der Waals surface area contributed by atoms with Crippen LogP contribution in [-0.4, -0.2) is 18.4 Å². The Hall–Kier alpha value is -3.60. The zero-order valence-electron chi connectivity index (χ0n) is 16.0. The summed E-state index contributed by atoms with van der Waals surface area (Å²) in [5.41, 5.74) is 4.87. The van der Waals surface area contributed by atoms with E-state index in [1.54, 1.807) is 12.1 Å². The van der Waals surface area contributed by atoms with Gasteiger partial charge in [0.05, 0.1) is 6.54 Å². The second-order valence-electron chi connectivity index (χ2n) is 6.57. The third-order valence-corrected chi connectivity index (χ3v) is 4.39. The van der Waals surface area contributed by atoms with Gasteiger partial charge in [0.25, 0.3) is 5.91 Å². The second-order valence-corrected chi connectivity index (χ2v) is 6.57. The van der Waals surface area contributed by atoms with E-state index in [2.05, 4.69) is 16.0 Å². The summed E-state index contributed by atoms with van der Waals surface area (Å²) in [6.07, 6.45) is 0. The zero-order valence-corrected chi connectivity index (χ0v) is 16.0. The monoisotopic (exact) mass is 373 g/mol. The van der Waals surface area contributed by atoms with Crippen LogP contribution < -0.4 is 16.0 Å². The number of rotatable bonds is 6. The molecule has 0 heterocycles. The van der Waals surface area contributed by atoms with E-state index in [9.17, 15) is 9.59 Å². The maximum absolute atomic E-state index is 12.4. The molecule has 3 rings (SSSR count). The number of hydrogen-bond acceptors (Lipinski definition) is 3. The van der Waals surface area contributed by atoms with Gasteiger partial charge >= 0.3 is 0 Å². The molecule has 5 nitrogen and oxygen atoms in total. The molecule has 0 saturated carbocycles. The molecule has 3 aromatic carbocycles. The topological polar surface area (TPSA) is 70.2 Å². The number of nitrogens with one attached hydrogen (secondary N) is 3. The van der Waals surface area contributed by atoms with Crippen molar-refractivity contribution in [2.75, 3.05) is 22.5 Å². The van der Waals surface area contributed by atoms with E-state index in [0.29, 0.717) is 11.3 Å². The molecule has 0 aliphatic carbocycles. The largest absolute Gasteiger partial charge is 0.376 e. The smallest absolute Gasteiger partial charge is 0.255 e. The molecular formula is C23H23N3O2. The van der Waals surface area contributed by atoms with E-state index < -0.39 is 0 Å². The molecule has 3 N–H and O–H groups in total. The van der Waals surface area contributed by atoms with Crippen LogP contribution in [0.5, 0.6) is 0 Å². The van der Waals surface area contributed by atoms with Crippen LogP contribution in [0.1, 0.15) is 21.5 Å². The van der Waals surface area contributed by atoms with Gasteiger partial charge in [0.2, 0.25) is 5.91 Å². The Morgan fingerprint density at radius 3 is 2.14 bits per heavy atom. The lowest BCUT2D eigenvalue weighted by molar-refractivity contribution is -0.114. The fraction of sp³-hybridized carbons (Fsp3) is 0.130. The van der Waals surface area contributed by atoms with Gasteiger partial charge in [-0.3, -0.25) is 9.59 Å². The van der Waals surface area contributed by atoms with Gasteiger partial charge in [0, 0.05) is 22.6 Å². The first-order valence-corrected chi connectivity index (χ1v) is 9.09. The molecule has 0 fully saturated rings. The highest BCUT2D eigenvalue weighted by molar-refractivity contribution is 6.05. The Bertz CT molecular complexity index is 967. The molecule has 0 saturated heterocycles. The van der Waals surface area contributed by atoms with Gasteiger partial charge in [-0.2, -0.15) is 0 Å². The summed E-state index contributed by atoms with van der Waals surface area (Å²) in [5.74, 6) is -0.306. The lowest BCUT2D eigenvalue weighted by atomic mass is 10.1. The zero-order chi connectivity index (χ0) is 19.9. The number of carbonyl (C=O) groups excluding carboxylic acids is 2. The molecule has 0 atom stereocenters. The highest BCUT2D eigenvalue weighted by Crippen LogP contribution is 2.23. The lowest BCUT2D eigenvalue weighted by Gasteiger charge is -2.14. The first kappa shape index (κ1) is 19.2. The number of benzene rings is 3. The van der Waals surface area contributed by atoms with Crippen LogP contribution in [0.15, 0.2) is 72.8 Å². The van der Waals surface area contributed by atoms with Gasteiger partial charge in [-0.05, 0) is 55.8 Å². The first-order chi connectivity index (χ1) is 13.5. The van der Waals surface area contributed by atoms with Crippen molar-refractivity contribution in [3.8, 4) is 0 Å². The molecule has 28 heavy (non-hydrogen) atoms. The van der Waals surface area contributed by atoms with Crippen molar-refractivity contribution in [1.82, 2.24) is 0 Å². The Balaban J connectivity index is 1.61. The summed E-state index contributed by atoms with van der Waals surface area (Å²) in [6.45, 7) is 4.03. The Morgan fingerprint density at radius 1 is 0.750 bits per heavy atom. The van der Waals surface area contributed by atoms with Crippen LogP contribution in [0.25, 0.3) is 0 Å². The van der Waals surface area contributed by atoms with Gasteiger partial charge < -0.3 is 16.0 Å². The normalized spacial score (nSPS) is 10.2. The van der Waals surface area contributed by atoms with Crippen LogP contribution in [0.4, 0.5) is 17.1 Å². The maximum atomic E-state index is 12.4. The van der Waals surface area contributed by atoms with Crippen LogP contribution >= 0.6 is 0 Å². The van der Waals surface area contributed by atoms with Crippen LogP contribution in [0.3, 0.4) is 0 Å². The summed E-state index contributed by atoms with van der Waals surface area (Å²) in [4.78, 5) is 24.6. The highest BCUT2D eigenvalue weighted by Gasteiger charge is 2.10. The molecule has 0 aromatic heterocycles. The number of carbonyl (C=O) groups is 2. The minimum atomic E-state index is -0.169. The molecule has 0 spiro atoms. The molecule has 2 amide bonds. The van der Waals surface area contributed by atoms with Crippen molar-refractivity contribution in [2.24, 2.45) is 0 Å². The molecule has 3 aromatic rings. The van der Waals surface area contributed by atoms with Crippen molar-refractivity contribution < 1.29 is 9.59 Å². The first-order valence-electron chi connectivity index (χ1n) is 9.09. The summed E-state index contributed by atoms with van der Waals surface area (Å²) in [5, 5.41) is 8.91. The lowest BCUT2D eigenvalue weighted by Crippen LogP contribution is -2.22. The third-order valence-electron chi connectivity index (χ3n) is 4.39. The fourth-order valence-corrected chi connectivity index (χ4v) is 2.76. The third kappa shape index (κ3) is 4.98. The van der Waals surface area contributed by atoms with Gasteiger partial charge in [-0.25, -0.2) is 0 Å². The molecule has 5 heteroatoms. The Morgan fingerprint density at radius 2 is 1.43 bits per heavy atom. The van der Waals surface area contributed by atoms with Gasteiger partial charge in [0.1, 0.15) is 0 Å². The predicted octanol–water partition coefficient (Wildman–Crippen LogP) is 4.61. The molecule has 0 radical (unpaired) electrons. The summed E-state index contributed by atoms with van der Waals surface area (Å²) in [6, 6.07) is 22.3. The molecule has 0 unspecified atom stereocenters. The van der Waals surface area contributed by atoms with Crippen molar-refractivity contribution in [2.45, 2.75) is 13.8 Å². The number of anilines is 3. The SMILES string of the molecule is Cc1ccc(NC(=O)CNc2cccc(NC(=O)c3ccccc3)c2C)cc1. The standard InChI is InChI=1S/C23H23N3O2/c1-16-11-13-19(14-12-16)25-22(27)15-24-20-9-6-10-21(17(20)2)26-23(28)18-7-4-3-5-8-18/h3-14,24H,15H2,1-2H3,(H,25,27)(H,26,28). The molecule has 142 valence electrons. The van der Waals surface area contributed by atoms with E-state index >= 15 is 0 Å². The Labute approximate surface area is 164 Å². The van der Waals surface area contributed by atoms with E-state index in [1.807, 2.05) is 74.5 Å². The van der Waals surface area contributed by atoms with Crippen molar-refractivity contribution in [3.05, 3.63) is 89.5 Å². The molecular weight excluding hydrogens is 350 g/mol. The van der Waals surface area contributed by atoms with E-state index in [0.717, 1.165) is 22.5 Å². The minimum absolute atomic E-state index is 0.130.